The van der Waals surface area contributed by atoms with Crippen molar-refractivity contribution >= 4 is 27.5 Å². The molecule has 0 radical (unpaired) electrons. The van der Waals surface area contributed by atoms with Crippen molar-refractivity contribution in [1.29, 1.82) is 0 Å². The highest BCUT2D eigenvalue weighted by Gasteiger charge is 2.05. The second-order valence-corrected chi connectivity index (χ2v) is 5.82. The van der Waals surface area contributed by atoms with E-state index in [1.165, 1.54) is 0 Å². The summed E-state index contributed by atoms with van der Waals surface area (Å²) in [6.07, 6.45) is 1.98. The molecule has 0 aliphatic heterocycles. The number of nitrogens with zero attached hydrogens (tertiary/aromatic N) is 1. The van der Waals surface area contributed by atoms with Crippen molar-refractivity contribution in [2.24, 2.45) is 0 Å². The summed E-state index contributed by atoms with van der Waals surface area (Å²) in [6.45, 7) is 4.16. The van der Waals surface area contributed by atoms with Crippen molar-refractivity contribution in [2.75, 3.05) is 0 Å². The molecule has 0 N–H and O–H groups in total. The van der Waals surface area contributed by atoms with Gasteiger partial charge in [-0.15, -0.1) is 11.6 Å². The van der Waals surface area contributed by atoms with E-state index in [0.717, 1.165) is 39.9 Å². The highest BCUT2D eigenvalue weighted by atomic mass is 79.9. The van der Waals surface area contributed by atoms with E-state index in [2.05, 4.69) is 27.8 Å². The first-order chi connectivity index (χ1) is 9.62. The molecule has 0 atom stereocenters. The zero-order valence-corrected chi connectivity index (χ0v) is 14.0. The molecule has 106 valence electrons. The lowest BCUT2D eigenvalue weighted by Gasteiger charge is -2.09. The molecule has 1 heterocycles. The molecule has 2 nitrogen and oxygen atoms in total. The highest BCUT2D eigenvalue weighted by molar-refractivity contribution is 9.10. The Labute approximate surface area is 133 Å². The van der Waals surface area contributed by atoms with E-state index in [-0.39, 0.29) is 0 Å². The van der Waals surface area contributed by atoms with Gasteiger partial charge >= 0.3 is 0 Å². The van der Waals surface area contributed by atoms with Gasteiger partial charge in [-0.3, -0.25) is 0 Å². The van der Waals surface area contributed by atoms with Gasteiger partial charge in [-0.25, -0.2) is 4.98 Å². The van der Waals surface area contributed by atoms with E-state index < -0.39 is 0 Å². The van der Waals surface area contributed by atoms with Crippen molar-refractivity contribution in [1.82, 2.24) is 4.98 Å². The van der Waals surface area contributed by atoms with E-state index in [4.69, 9.17) is 16.3 Å². The van der Waals surface area contributed by atoms with Crippen molar-refractivity contribution in [2.45, 2.75) is 32.6 Å². The first-order valence-corrected chi connectivity index (χ1v) is 7.95. The Morgan fingerprint density at radius 3 is 2.70 bits per heavy atom. The normalized spacial score (nSPS) is 10.6. The second-order valence-electron chi connectivity index (χ2n) is 4.70. The number of pyridine rings is 1. The number of benzene rings is 1. The van der Waals surface area contributed by atoms with Crippen LogP contribution in [0.15, 0.2) is 34.8 Å². The van der Waals surface area contributed by atoms with Gasteiger partial charge in [-0.05, 0) is 48.7 Å². The average Bonchev–Trinajstić information content (AvgIpc) is 2.43. The number of hydrogen-bond donors (Lipinski definition) is 0. The van der Waals surface area contributed by atoms with Crippen LogP contribution in [0.2, 0.25) is 0 Å². The third-order valence-electron chi connectivity index (χ3n) is 2.93. The van der Waals surface area contributed by atoms with E-state index in [1.54, 1.807) is 0 Å². The van der Waals surface area contributed by atoms with E-state index in [0.29, 0.717) is 11.8 Å². The zero-order valence-electron chi connectivity index (χ0n) is 11.6. The number of halogens is 2. The van der Waals surface area contributed by atoms with Gasteiger partial charge in [-0.1, -0.05) is 29.3 Å². The molecule has 20 heavy (non-hydrogen) atoms. The van der Waals surface area contributed by atoms with Gasteiger partial charge in [0.15, 0.2) is 0 Å². The SMILES string of the molecule is CCCc1cc(CCl)cc(Oc2ccc(Br)c(C)c2)n1. The molecule has 0 saturated carbocycles. The lowest BCUT2D eigenvalue weighted by atomic mass is 10.2. The van der Waals surface area contributed by atoms with E-state index in [1.807, 2.05) is 37.3 Å². The summed E-state index contributed by atoms with van der Waals surface area (Å²) >= 11 is 9.41. The number of aryl methyl sites for hydroxylation is 2. The van der Waals surface area contributed by atoms with Crippen LogP contribution in [0.5, 0.6) is 11.6 Å². The second kappa shape index (κ2) is 7.09. The fourth-order valence-corrected chi connectivity index (χ4v) is 2.34. The van der Waals surface area contributed by atoms with E-state index in [9.17, 15) is 0 Å². The Kier molecular flexibility index (Phi) is 5.44. The van der Waals surface area contributed by atoms with Gasteiger partial charge in [0, 0.05) is 22.1 Å². The van der Waals surface area contributed by atoms with Gasteiger partial charge in [0.1, 0.15) is 5.75 Å². The molecular weight excluding hydrogens is 338 g/mol. The number of ether oxygens (including phenoxy) is 1. The van der Waals surface area contributed by atoms with Crippen LogP contribution in [0.25, 0.3) is 0 Å². The van der Waals surface area contributed by atoms with Crippen LogP contribution in [0.3, 0.4) is 0 Å². The molecular formula is C16H17BrClNO. The molecule has 0 saturated heterocycles. The lowest BCUT2D eigenvalue weighted by molar-refractivity contribution is 0.459. The predicted molar refractivity (Wildman–Crippen MR) is 86.7 cm³/mol. The molecule has 0 aliphatic carbocycles. The molecule has 4 heteroatoms. The van der Waals surface area contributed by atoms with Crippen LogP contribution in [0.4, 0.5) is 0 Å². The molecule has 0 unspecified atom stereocenters. The Morgan fingerprint density at radius 2 is 2.05 bits per heavy atom. The topological polar surface area (TPSA) is 22.1 Å². The maximum atomic E-state index is 5.93. The molecule has 1 aromatic heterocycles. The molecule has 2 aromatic rings. The van der Waals surface area contributed by atoms with E-state index >= 15 is 0 Å². The Morgan fingerprint density at radius 1 is 1.25 bits per heavy atom. The third-order valence-corrected chi connectivity index (χ3v) is 4.13. The third kappa shape index (κ3) is 3.97. The first-order valence-electron chi connectivity index (χ1n) is 6.62. The quantitative estimate of drug-likeness (QED) is 0.649. The van der Waals surface area contributed by atoms with Crippen LogP contribution in [-0.2, 0) is 12.3 Å². The summed E-state index contributed by atoms with van der Waals surface area (Å²) in [5.74, 6) is 1.86. The highest BCUT2D eigenvalue weighted by Crippen LogP contribution is 2.26. The summed E-state index contributed by atoms with van der Waals surface area (Å²) in [4.78, 5) is 4.53. The zero-order chi connectivity index (χ0) is 14.5. The summed E-state index contributed by atoms with van der Waals surface area (Å²) in [6, 6.07) is 9.81. The molecule has 0 aliphatic rings. The van der Waals surface area contributed by atoms with Gasteiger partial charge in [0.05, 0.1) is 0 Å². The maximum Gasteiger partial charge on any atom is 0.219 e. The number of aromatic nitrogens is 1. The minimum absolute atomic E-state index is 0.467. The first kappa shape index (κ1) is 15.3. The number of hydrogen-bond acceptors (Lipinski definition) is 2. The molecule has 1 aromatic carbocycles. The van der Waals surface area contributed by atoms with Gasteiger partial charge in [0.25, 0.3) is 0 Å². The molecule has 2 rings (SSSR count). The fraction of sp³-hybridized carbons (Fsp3) is 0.312. The Hall–Kier alpha value is -1.06. The maximum absolute atomic E-state index is 5.93. The molecule has 0 fully saturated rings. The number of alkyl halides is 1. The van der Waals surface area contributed by atoms with Crippen molar-refractivity contribution in [3.63, 3.8) is 0 Å². The van der Waals surface area contributed by atoms with Crippen LogP contribution in [0.1, 0.15) is 30.2 Å². The van der Waals surface area contributed by atoms with Gasteiger partial charge < -0.3 is 4.74 Å². The van der Waals surface area contributed by atoms with Gasteiger partial charge in [-0.2, -0.15) is 0 Å². The van der Waals surface area contributed by atoms with Crippen molar-refractivity contribution in [3.05, 3.63) is 51.6 Å². The summed E-state index contributed by atoms with van der Waals surface area (Å²) in [5.41, 5.74) is 3.19. The minimum Gasteiger partial charge on any atom is -0.439 e. The largest absolute Gasteiger partial charge is 0.439 e. The average molecular weight is 355 g/mol. The fourth-order valence-electron chi connectivity index (χ4n) is 1.94. The van der Waals surface area contributed by atoms with Crippen molar-refractivity contribution < 1.29 is 4.74 Å². The van der Waals surface area contributed by atoms with Crippen molar-refractivity contribution in [3.8, 4) is 11.6 Å². The summed E-state index contributed by atoms with van der Waals surface area (Å²) < 4.78 is 6.92. The predicted octanol–water partition coefficient (Wildman–Crippen LogP) is 5.64. The Balaban J connectivity index is 2.27. The standard InChI is InChI=1S/C16H17BrClNO/c1-3-4-13-8-12(10-18)9-16(19-13)20-14-5-6-15(17)11(2)7-14/h5-9H,3-4,10H2,1-2H3. The molecule has 0 spiro atoms. The van der Waals surface area contributed by atoms with Crippen LogP contribution in [-0.4, -0.2) is 4.98 Å². The lowest BCUT2D eigenvalue weighted by Crippen LogP contribution is -1.96. The molecule has 0 bridgehead atoms. The van der Waals surface area contributed by atoms with Crippen LogP contribution >= 0.6 is 27.5 Å². The van der Waals surface area contributed by atoms with Gasteiger partial charge in [0.2, 0.25) is 5.88 Å². The Bertz CT molecular complexity index is 601. The van der Waals surface area contributed by atoms with Crippen LogP contribution < -0.4 is 4.74 Å². The monoisotopic (exact) mass is 353 g/mol. The molecule has 0 amide bonds. The minimum atomic E-state index is 0.467. The smallest absolute Gasteiger partial charge is 0.219 e. The summed E-state index contributed by atoms with van der Waals surface area (Å²) in [7, 11) is 0. The summed E-state index contributed by atoms with van der Waals surface area (Å²) in [5, 5.41) is 0. The van der Waals surface area contributed by atoms with Crippen LogP contribution in [0, 0.1) is 6.92 Å². The number of rotatable bonds is 5.